The molecule has 0 spiro atoms. The van der Waals surface area contributed by atoms with Crippen LogP contribution in [-0.2, 0) is 9.59 Å². The Bertz CT molecular complexity index is 219. The van der Waals surface area contributed by atoms with Gasteiger partial charge < -0.3 is 0 Å². The summed E-state index contributed by atoms with van der Waals surface area (Å²) in [4.78, 5) is 32.2. The second-order valence-corrected chi connectivity index (χ2v) is 2.67. The van der Waals surface area contributed by atoms with Gasteiger partial charge in [0.25, 0.3) is 0 Å². The van der Waals surface area contributed by atoms with Crippen molar-refractivity contribution in [3.8, 4) is 0 Å². The Kier molecular flexibility index (Phi) is 2.10. The van der Waals surface area contributed by atoms with E-state index in [1.54, 1.807) is 0 Å². The number of hydrogen-bond acceptors (Lipinski definition) is 5. The average Bonchev–Trinajstić information content (AvgIpc) is 1.97. The predicted octanol–water partition coefficient (Wildman–Crippen LogP) is -0.143. The maximum Gasteiger partial charge on any atom is 0.353 e. The van der Waals surface area contributed by atoms with Gasteiger partial charge in [-0.05, 0) is 0 Å². The number of hydrogen-bond donors (Lipinski definition) is 2. The molecule has 0 radical (unpaired) electrons. The van der Waals surface area contributed by atoms with E-state index in [1.165, 1.54) is 0 Å². The van der Waals surface area contributed by atoms with Gasteiger partial charge in [-0.1, -0.05) is 25.6 Å². The quantitative estimate of drug-likeness (QED) is 0.415. The lowest BCUT2D eigenvalue weighted by molar-refractivity contribution is -0.135. The fourth-order valence-electron chi connectivity index (χ4n) is 0.582. The summed E-state index contributed by atoms with van der Waals surface area (Å²) in [6, 6.07) is -0.835. The highest BCUT2D eigenvalue weighted by atomic mass is 32.1. The van der Waals surface area contributed by atoms with Crippen LogP contribution in [0.25, 0.3) is 0 Å². The van der Waals surface area contributed by atoms with Gasteiger partial charge in [-0.15, -0.1) is 0 Å². The lowest BCUT2D eigenvalue weighted by Crippen LogP contribution is -2.46. The van der Waals surface area contributed by atoms with Crippen LogP contribution >= 0.6 is 25.6 Å². The summed E-state index contributed by atoms with van der Waals surface area (Å²) < 4.78 is 1.10. The molecule has 7 heteroatoms. The molecule has 1 aliphatic heterocycles. The molecular formula is C4H4N2O3S2. The van der Waals surface area contributed by atoms with E-state index in [1.807, 2.05) is 0 Å². The number of nitrogens with zero attached hydrogens (tertiary/aromatic N) is 2. The van der Waals surface area contributed by atoms with E-state index in [4.69, 9.17) is 0 Å². The molecule has 0 aromatic rings. The van der Waals surface area contributed by atoms with Crippen LogP contribution in [0.2, 0.25) is 0 Å². The molecule has 11 heavy (non-hydrogen) atoms. The highest BCUT2D eigenvalue weighted by Crippen LogP contribution is 2.14. The molecule has 1 saturated heterocycles. The maximum atomic E-state index is 10.8. The molecule has 0 unspecified atom stereocenters. The first-order chi connectivity index (χ1) is 5.04. The molecule has 1 aliphatic rings. The largest absolute Gasteiger partial charge is 0.353 e. The number of carbonyl (C=O) groups is 3. The SMILES string of the molecule is O=C1CC(=O)N(S)C(=O)N1S. The summed E-state index contributed by atoms with van der Waals surface area (Å²) in [5.41, 5.74) is 0. The standard InChI is InChI=1S/C4H4N2O3S2/c7-2-1-3(8)6(11)4(9)5(2)10/h10-11H,1H2. The molecule has 5 nitrogen and oxygen atoms in total. The van der Waals surface area contributed by atoms with Gasteiger partial charge in [-0.25, -0.2) is 13.4 Å². The monoisotopic (exact) mass is 192 g/mol. The van der Waals surface area contributed by atoms with Crippen LogP contribution in [0.5, 0.6) is 0 Å². The molecule has 0 N–H and O–H groups in total. The third-order valence-corrected chi connectivity index (χ3v) is 1.93. The van der Waals surface area contributed by atoms with Gasteiger partial charge in [0.15, 0.2) is 0 Å². The van der Waals surface area contributed by atoms with E-state index in [2.05, 4.69) is 25.6 Å². The Morgan fingerprint density at radius 1 is 1.00 bits per heavy atom. The number of carbonyl (C=O) groups excluding carboxylic acids is 3. The topological polar surface area (TPSA) is 57.7 Å². The van der Waals surface area contributed by atoms with Crippen LogP contribution < -0.4 is 0 Å². The zero-order valence-electron chi connectivity index (χ0n) is 5.22. The molecule has 1 heterocycles. The van der Waals surface area contributed by atoms with E-state index >= 15 is 0 Å². The maximum absolute atomic E-state index is 10.8. The normalized spacial score (nSPS) is 19.6. The van der Waals surface area contributed by atoms with Crippen LogP contribution in [0.15, 0.2) is 0 Å². The van der Waals surface area contributed by atoms with E-state index < -0.39 is 17.8 Å². The zero-order valence-corrected chi connectivity index (χ0v) is 7.01. The van der Waals surface area contributed by atoms with Crippen molar-refractivity contribution in [3.63, 3.8) is 0 Å². The number of amides is 4. The van der Waals surface area contributed by atoms with E-state index in [9.17, 15) is 14.4 Å². The minimum absolute atomic E-state index is 0.362. The smallest absolute Gasteiger partial charge is 0.273 e. The van der Waals surface area contributed by atoms with Crippen LogP contribution in [0.3, 0.4) is 0 Å². The van der Waals surface area contributed by atoms with Crippen molar-refractivity contribution in [3.05, 3.63) is 0 Å². The molecule has 0 saturated carbocycles. The zero-order chi connectivity index (χ0) is 8.59. The van der Waals surface area contributed by atoms with E-state index in [0.29, 0.717) is 8.61 Å². The van der Waals surface area contributed by atoms with Crippen molar-refractivity contribution in [1.29, 1.82) is 0 Å². The molecular weight excluding hydrogens is 188 g/mol. The third-order valence-electron chi connectivity index (χ3n) is 1.14. The Morgan fingerprint density at radius 3 is 1.73 bits per heavy atom. The highest BCUT2D eigenvalue weighted by molar-refractivity contribution is 7.80. The van der Waals surface area contributed by atoms with Gasteiger partial charge in [-0.2, -0.15) is 0 Å². The van der Waals surface area contributed by atoms with Crippen LogP contribution in [0, 0.1) is 0 Å². The summed E-state index contributed by atoms with van der Waals surface area (Å²) in [5.74, 6) is -1.26. The van der Waals surface area contributed by atoms with Crippen LogP contribution in [0.1, 0.15) is 6.42 Å². The van der Waals surface area contributed by atoms with Crippen molar-refractivity contribution >= 4 is 43.5 Å². The molecule has 0 bridgehead atoms. The Labute approximate surface area is 73.4 Å². The first-order valence-electron chi connectivity index (χ1n) is 2.61. The van der Waals surface area contributed by atoms with Crippen LogP contribution in [-0.4, -0.2) is 26.5 Å². The summed E-state index contributed by atoms with van der Waals surface area (Å²) in [6.07, 6.45) is -0.362. The molecule has 4 amide bonds. The van der Waals surface area contributed by atoms with Gasteiger partial charge >= 0.3 is 6.03 Å². The Hall–Kier alpha value is -0.690. The molecule has 1 fully saturated rings. The van der Waals surface area contributed by atoms with Crippen molar-refractivity contribution in [2.24, 2.45) is 0 Å². The third kappa shape index (κ3) is 1.33. The molecule has 0 aliphatic carbocycles. The second kappa shape index (κ2) is 2.74. The average molecular weight is 192 g/mol. The highest BCUT2D eigenvalue weighted by Gasteiger charge is 2.34. The molecule has 0 atom stereocenters. The second-order valence-electron chi connectivity index (χ2n) is 1.87. The van der Waals surface area contributed by atoms with Gasteiger partial charge in [-0.3, -0.25) is 9.59 Å². The number of rotatable bonds is 0. The summed E-state index contributed by atoms with van der Waals surface area (Å²) in [6.45, 7) is 0. The number of imide groups is 2. The number of thiol groups is 2. The summed E-state index contributed by atoms with van der Waals surface area (Å²) in [5, 5.41) is 0. The van der Waals surface area contributed by atoms with Gasteiger partial charge in [0.1, 0.15) is 6.42 Å². The molecule has 0 aromatic carbocycles. The first-order valence-corrected chi connectivity index (χ1v) is 3.41. The Morgan fingerprint density at radius 2 is 1.36 bits per heavy atom. The Balaban J connectivity index is 2.87. The first kappa shape index (κ1) is 8.41. The number of urea groups is 1. The molecule has 0 aromatic heterocycles. The van der Waals surface area contributed by atoms with Crippen LogP contribution in [0.4, 0.5) is 4.79 Å². The summed E-state index contributed by atoms with van der Waals surface area (Å²) >= 11 is 7.09. The summed E-state index contributed by atoms with van der Waals surface area (Å²) in [7, 11) is 0. The van der Waals surface area contributed by atoms with Gasteiger partial charge in [0.2, 0.25) is 11.8 Å². The number of barbiturate groups is 1. The van der Waals surface area contributed by atoms with Crippen molar-refractivity contribution in [1.82, 2.24) is 8.61 Å². The van der Waals surface area contributed by atoms with E-state index in [0.717, 1.165) is 0 Å². The van der Waals surface area contributed by atoms with Gasteiger partial charge in [0.05, 0.1) is 0 Å². The molecule has 1 rings (SSSR count). The lowest BCUT2D eigenvalue weighted by Gasteiger charge is -2.24. The fourth-order valence-corrected chi connectivity index (χ4v) is 0.973. The van der Waals surface area contributed by atoms with E-state index in [-0.39, 0.29) is 6.42 Å². The fraction of sp³-hybridized carbons (Fsp3) is 0.250. The van der Waals surface area contributed by atoms with Crippen molar-refractivity contribution < 1.29 is 14.4 Å². The lowest BCUT2D eigenvalue weighted by atomic mass is 10.3. The predicted molar refractivity (Wildman–Crippen MR) is 41.7 cm³/mol. The molecule has 60 valence electrons. The van der Waals surface area contributed by atoms with Gasteiger partial charge in [0, 0.05) is 0 Å². The van der Waals surface area contributed by atoms with Crippen molar-refractivity contribution in [2.45, 2.75) is 6.42 Å². The van der Waals surface area contributed by atoms with Crippen molar-refractivity contribution in [2.75, 3.05) is 0 Å². The minimum Gasteiger partial charge on any atom is -0.273 e. The minimum atomic E-state index is -0.835.